The number of aromatic amines is 1. The predicted octanol–water partition coefficient (Wildman–Crippen LogP) is 2.49. The quantitative estimate of drug-likeness (QED) is 0.856. The highest BCUT2D eigenvalue weighted by Crippen LogP contribution is 2.23. The summed E-state index contributed by atoms with van der Waals surface area (Å²) in [6.45, 7) is 1.01. The van der Waals surface area contributed by atoms with Crippen molar-refractivity contribution in [2.75, 3.05) is 6.54 Å². The predicted molar refractivity (Wildman–Crippen MR) is 68.2 cm³/mol. The zero-order chi connectivity index (χ0) is 11.7. The molecule has 0 bridgehead atoms. The molecule has 1 aromatic heterocycles. The molecule has 0 amide bonds. The summed E-state index contributed by atoms with van der Waals surface area (Å²) in [7, 11) is 0. The summed E-state index contributed by atoms with van der Waals surface area (Å²) in [6, 6.07) is 8.33. The molecule has 0 fully saturated rings. The van der Waals surface area contributed by atoms with Crippen molar-refractivity contribution in [1.82, 2.24) is 15.3 Å². The Labute approximate surface area is 105 Å². The summed E-state index contributed by atoms with van der Waals surface area (Å²) in [5.74, 6) is 0. The number of H-pyrrole nitrogens is 1. The molecule has 2 heterocycles. The molecule has 0 radical (unpaired) electrons. The fourth-order valence-electron chi connectivity index (χ4n) is 2.33. The standard InChI is InChI=1S/C13H14ClN3/c14-10-3-1-9(2-4-10)7-12-13-11(5-6-15-12)16-8-17-13/h1-4,8,12,15H,5-7H2,(H,16,17). The van der Waals surface area contributed by atoms with Crippen LogP contribution >= 0.6 is 11.6 Å². The Morgan fingerprint density at radius 1 is 1.29 bits per heavy atom. The summed E-state index contributed by atoms with van der Waals surface area (Å²) in [4.78, 5) is 7.62. The van der Waals surface area contributed by atoms with E-state index < -0.39 is 0 Å². The third kappa shape index (κ3) is 2.21. The topological polar surface area (TPSA) is 40.7 Å². The van der Waals surface area contributed by atoms with E-state index in [0.717, 1.165) is 30.1 Å². The van der Waals surface area contributed by atoms with Crippen molar-refractivity contribution in [3.8, 4) is 0 Å². The van der Waals surface area contributed by atoms with Gasteiger partial charge >= 0.3 is 0 Å². The number of nitrogens with one attached hydrogen (secondary N) is 2. The first kappa shape index (κ1) is 10.8. The second-order valence-corrected chi connectivity index (χ2v) is 4.79. The van der Waals surface area contributed by atoms with Crippen molar-refractivity contribution in [2.24, 2.45) is 0 Å². The Kier molecular flexibility index (Phi) is 2.87. The normalized spacial score (nSPS) is 19.0. The van der Waals surface area contributed by atoms with Crippen LogP contribution in [0.25, 0.3) is 0 Å². The molecule has 1 aromatic carbocycles. The Balaban J connectivity index is 1.81. The first-order valence-electron chi connectivity index (χ1n) is 5.83. The van der Waals surface area contributed by atoms with E-state index in [1.54, 1.807) is 6.33 Å². The van der Waals surface area contributed by atoms with E-state index >= 15 is 0 Å². The average molecular weight is 248 g/mol. The Morgan fingerprint density at radius 3 is 2.94 bits per heavy atom. The highest BCUT2D eigenvalue weighted by Gasteiger charge is 2.21. The fraction of sp³-hybridized carbons (Fsp3) is 0.308. The molecule has 1 unspecified atom stereocenters. The minimum absolute atomic E-state index is 0.311. The number of halogens is 1. The summed E-state index contributed by atoms with van der Waals surface area (Å²) in [5, 5.41) is 4.29. The zero-order valence-corrected chi connectivity index (χ0v) is 10.2. The van der Waals surface area contributed by atoms with Crippen LogP contribution in [-0.4, -0.2) is 16.5 Å². The van der Waals surface area contributed by atoms with Crippen LogP contribution in [0.5, 0.6) is 0 Å². The second kappa shape index (κ2) is 4.51. The van der Waals surface area contributed by atoms with E-state index in [1.807, 2.05) is 12.1 Å². The van der Waals surface area contributed by atoms with Crippen molar-refractivity contribution in [2.45, 2.75) is 18.9 Å². The molecule has 1 aliphatic rings. The molecule has 1 atom stereocenters. The smallest absolute Gasteiger partial charge is 0.0925 e. The van der Waals surface area contributed by atoms with Gasteiger partial charge in [0.1, 0.15) is 0 Å². The van der Waals surface area contributed by atoms with Gasteiger partial charge in [0, 0.05) is 23.7 Å². The van der Waals surface area contributed by atoms with Crippen LogP contribution in [0.15, 0.2) is 30.6 Å². The average Bonchev–Trinajstić information content (AvgIpc) is 2.81. The van der Waals surface area contributed by atoms with Gasteiger partial charge in [-0.25, -0.2) is 4.98 Å². The molecule has 0 saturated heterocycles. The molecular formula is C13H14ClN3. The van der Waals surface area contributed by atoms with E-state index in [-0.39, 0.29) is 0 Å². The van der Waals surface area contributed by atoms with E-state index in [2.05, 4.69) is 27.4 Å². The van der Waals surface area contributed by atoms with E-state index in [0.29, 0.717) is 6.04 Å². The Bertz CT molecular complexity index is 504. The molecule has 2 N–H and O–H groups in total. The van der Waals surface area contributed by atoms with Crippen LogP contribution in [0.2, 0.25) is 5.02 Å². The first-order valence-corrected chi connectivity index (χ1v) is 6.21. The van der Waals surface area contributed by atoms with E-state index in [1.165, 1.54) is 11.3 Å². The van der Waals surface area contributed by atoms with Crippen LogP contribution in [0.4, 0.5) is 0 Å². The Hall–Kier alpha value is -1.32. The molecule has 0 spiro atoms. The van der Waals surface area contributed by atoms with E-state index in [4.69, 9.17) is 11.6 Å². The molecule has 3 rings (SSSR count). The van der Waals surface area contributed by atoms with Crippen LogP contribution in [0.1, 0.15) is 23.0 Å². The molecule has 88 valence electrons. The van der Waals surface area contributed by atoms with Crippen molar-refractivity contribution >= 4 is 11.6 Å². The van der Waals surface area contributed by atoms with Gasteiger partial charge in [0.05, 0.1) is 18.1 Å². The molecule has 1 aliphatic heterocycles. The lowest BCUT2D eigenvalue weighted by molar-refractivity contribution is 0.490. The lowest BCUT2D eigenvalue weighted by Gasteiger charge is -2.23. The minimum Gasteiger partial charge on any atom is -0.348 e. The largest absolute Gasteiger partial charge is 0.348 e. The highest BCUT2D eigenvalue weighted by atomic mass is 35.5. The van der Waals surface area contributed by atoms with Gasteiger partial charge in [0.2, 0.25) is 0 Å². The molecule has 3 nitrogen and oxygen atoms in total. The molecular weight excluding hydrogens is 234 g/mol. The van der Waals surface area contributed by atoms with Crippen LogP contribution in [-0.2, 0) is 12.8 Å². The number of nitrogens with zero attached hydrogens (tertiary/aromatic N) is 1. The second-order valence-electron chi connectivity index (χ2n) is 4.35. The first-order chi connectivity index (χ1) is 8.33. The number of fused-ring (bicyclic) bond motifs is 1. The van der Waals surface area contributed by atoms with Crippen molar-refractivity contribution in [3.05, 3.63) is 52.6 Å². The van der Waals surface area contributed by atoms with Gasteiger partial charge in [-0.05, 0) is 24.1 Å². The van der Waals surface area contributed by atoms with E-state index in [9.17, 15) is 0 Å². The molecule has 4 heteroatoms. The van der Waals surface area contributed by atoms with Gasteiger partial charge in [0.25, 0.3) is 0 Å². The van der Waals surface area contributed by atoms with Gasteiger partial charge in [-0.3, -0.25) is 0 Å². The minimum atomic E-state index is 0.311. The van der Waals surface area contributed by atoms with Crippen molar-refractivity contribution in [1.29, 1.82) is 0 Å². The number of imidazole rings is 1. The summed E-state index contributed by atoms with van der Waals surface area (Å²) >= 11 is 5.89. The lowest BCUT2D eigenvalue weighted by atomic mass is 9.98. The van der Waals surface area contributed by atoms with Gasteiger partial charge in [-0.15, -0.1) is 0 Å². The van der Waals surface area contributed by atoms with Crippen LogP contribution in [0, 0.1) is 0 Å². The van der Waals surface area contributed by atoms with Gasteiger partial charge < -0.3 is 10.3 Å². The molecule has 17 heavy (non-hydrogen) atoms. The maximum atomic E-state index is 5.89. The van der Waals surface area contributed by atoms with Gasteiger partial charge in [-0.2, -0.15) is 0 Å². The molecule has 2 aromatic rings. The fourth-order valence-corrected chi connectivity index (χ4v) is 2.45. The number of benzene rings is 1. The van der Waals surface area contributed by atoms with Crippen LogP contribution < -0.4 is 5.32 Å². The van der Waals surface area contributed by atoms with Crippen molar-refractivity contribution < 1.29 is 0 Å². The lowest BCUT2D eigenvalue weighted by Crippen LogP contribution is -2.31. The number of hydrogen-bond donors (Lipinski definition) is 2. The highest BCUT2D eigenvalue weighted by molar-refractivity contribution is 6.30. The number of hydrogen-bond acceptors (Lipinski definition) is 2. The zero-order valence-electron chi connectivity index (χ0n) is 9.41. The van der Waals surface area contributed by atoms with Crippen LogP contribution in [0.3, 0.4) is 0 Å². The van der Waals surface area contributed by atoms with Gasteiger partial charge in [0.15, 0.2) is 0 Å². The van der Waals surface area contributed by atoms with Crippen molar-refractivity contribution in [3.63, 3.8) is 0 Å². The molecule has 0 saturated carbocycles. The number of aromatic nitrogens is 2. The third-order valence-electron chi connectivity index (χ3n) is 3.20. The van der Waals surface area contributed by atoms with Gasteiger partial charge in [-0.1, -0.05) is 23.7 Å². The maximum absolute atomic E-state index is 5.89. The summed E-state index contributed by atoms with van der Waals surface area (Å²) in [6.07, 6.45) is 3.77. The number of rotatable bonds is 2. The molecule has 0 aliphatic carbocycles. The summed E-state index contributed by atoms with van der Waals surface area (Å²) in [5.41, 5.74) is 3.71. The monoisotopic (exact) mass is 247 g/mol. The Morgan fingerprint density at radius 2 is 2.12 bits per heavy atom. The summed E-state index contributed by atoms with van der Waals surface area (Å²) < 4.78 is 0. The maximum Gasteiger partial charge on any atom is 0.0925 e. The SMILES string of the molecule is Clc1ccc(CC2NCCc3[nH]cnc32)cc1. The third-order valence-corrected chi connectivity index (χ3v) is 3.45.